The molecule has 116 valence electrons. The largest absolute Gasteiger partial charge is 0.388 e. The Labute approximate surface area is 121 Å². The molecular weight excluding hydrogens is 280 g/mol. The number of hydrogen-bond donors (Lipinski definition) is 4. The van der Waals surface area contributed by atoms with Crippen LogP contribution in [0.25, 0.3) is 0 Å². The molecule has 21 heavy (non-hydrogen) atoms. The Morgan fingerprint density at radius 3 is 2.52 bits per heavy atom. The van der Waals surface area contributed by atoms with Crippen LogP contribution >= 0.6 is 0 Å². The van der Waals surface area contributed by atoms with Crippen molar-refractivity contribution in [3.05, 3.63) is 34.7 Å². The van der Waals surface area contributed by atoms with Gasteiger partial charge in [-0.1, -0.05) is 17.7 Å². The smallest absolute Gasteiger partial charge is 0.215 e. The first-order valence-corrected chi connectivity index (χ1v) is 6.45. The fraction of sp³-hybridized carbons (Fsp3) is 0.538. The van der Waals surface area contributed by atoms with Crippen molar-refractivity contribution in [1.29, 1.82) is 0 Å². The molecule has 1 unspecified atom stereocenters. The fourth-order valence-corrected chi connectivity index (χ4v) is 2.13. The van der Waals surface area contributed by atoms with Crippen molar-refractivity contribution < 1.29 is 25.2 Å². The minimum Gasteiger partial charge on any atom is -0.388 e. The van der Waals surface area contributed by atoms with Gasteiger partial charge in [0.15, 0.2) is 0 Å². The third-order valence-corrected chi connectivity index (χ3v) is 3.49. The quantitative estimate of drug-likeness (QED) is 0.427. The zero-order valence-electron chi connectivity index (χ0n) is 11.5. The summed E-state index contributed by atoms with van der Waals surface area (Å²) in [6.45, 7) is 1.03. The number of aliphatic hydroxyl groups excluding tert-OH is 3. The lowest BCUT2D eigenvalue weighted by atomic mass is 9.96. The maximum Gasteiger partial charge on any atom is 0.215 e. The summed E-state index contributed by atoms with van der Waals surface area (Å²) in [5.41, 5.74) is 1.39. The van der Waals surface area contributed by atoms with Crippen LogP contribution in [0, 0.1) is 11.8 Å². The van der Waals surface area contributed by atoms with E-state index in [-0.39, 0.29) is 6.61 Å². The topological polar surface area (TPSA) is 123 Å². The Balaban J connectivity index is 2.17. The molecule has 0 amide bonds. The van der Waals surface area contributed by atoms with E-state index in [0.29, 0.717) is 5.69 Å². The average molecular weight is 298 g/mol. The lowest BCUT2D eigenvalue weighted by Crippen LogP contribution is -2.64. The molecule has 4 atom stereocenters. The van der Waals surface area contributed by atoms with Crippen LogP contribution in [0.4, 0.5) is 5.69 Å². The highest BCUT2D eigenvalue weighted by molar-refractivity contribution is 5.46. The van der Waals surface area contributed by atoms with Crippen LogP contribution in [-0.4, -0.2) is 57.7 Å². The van der Waals surface area contributed by atoms with Crippen molar-refractivity contribution >= 4 is 5.69 Å². The van der Waals surface area contributed by atoms with Gasteiger partial charge in [-0.15, -0.1) is 4.91 Å². The number of aliphatic hydroxyl groups is 4. The van der Waals surface area contributed by atoms with E-state index in [1.165, 1.54) is 0 Å². The van der Waals surface area contributed by atoms with E-state index < -0.39 is 30.6 Å². The molecule has 0 spiro atoms. The molecule has 1 aromatic rings. The Bertz CT molecular complexity index is 496. The van der Waals surface area contributed by atoms with E-state index in [9.17, 15) is 25.3 Å². The lowest BCUT2D eigenvalue weighted by Gasteiger charge is -2.42. The van der Waals surface area contributed by atoms with Crippen molar-refractivity contribution in [3.8, 4) is 0 Å². The minimum atomic E-state index is -2.21. The van der Waals surface area contributed by atoms with E-state index in [4.69, 9.17) is 4.74 Å². The molecule has 1 heterocycles. The molecule has 0 aromatic heterocycles. The summed E-state index contributed by atoms with van der Waals surface area (Å²) < 4.78 is 4.99. The number of hydrogen-bond acceptors (Lipinski definition) is 7. The van der Waals surface area contributed by atoms with E-state index in [0.717, 1.165) is 10.6 Å². The number of rotatable bonds is 4. The van der Waals surface area contributed by atoms with Crippen molar-refractivity contribution in [2.75, 3.05) is 18.2 Å². The van der Waals surface area contributed by atoms with Crippen LogP contribution in [0.3, 0.4) is 0 Å². The standard InChI is InChI=1S/C13H18N2O6/c1-8-2-4-9(5-3-8)15(14-20)7-13(19)12(18)11(17)10(16)6-21-13/h2-5,10-12,16-19H,6-7H2,1H3/t10-,11-,12+,13?/m1/s1. The van der Waals surface area contributed by atoms with Crippen LogP contribution < -0.4 is 5.01 Å². The van der Waals surface area contributed by atoms with Crippen molar-refractivity contribution in [2.45, 2.75) is 31.0 Å². The Hall–Kier alpha value is -1.58. The van der Waals surface area contributed by atoms with Gasteiger partial charge in [0, 0.05) is 0 Å². The van der Waals surface area contributed by atoms with Gasteiger partial charge in [0.2, 0.25) is 5.79 Å². The normalized spacial score (nSPS) is 32.7. The van der Waals surface area contributed by atoms with Crippen molar-refractivity contribution in [2.24, 2.45) is 5.29 Å². The third kappa shape index (κ3) is 3.20. The summed E-state index contributed by atoms with van der Waals surface area (Å²) in [4.78, 5) is 11.0. The van der Waals surface area contributed by atoms with E-state index in [2.05, 4.69) is 5.29 Å². The summed E-state index contributed by atoms with van der Waals surface area (Å²) >= 11 is 0. The SMILES string of the molecule is Cc1ccc(N(CC2(O)OC[C@@H](O)[C@@H](O)[C@@H]2O)N=O)cc1. The molecule has 1 aliphatic rings. The van der Waals surface area contributed by atoms with Gasteiger partial charge in [0.05, 0.1) is 17.6 Å². The number of benzene rings is 1. The van der Waals surface area contributed by atoms with Gasteiger partial charge < -0.3 is 25.2 Å². The van der Waals surface area contributed by atoms with E-state index in [1.54, 1.807) is 24.3 Å². The molecule has 8 heteroatoms. The first-order valence-electron chi connectivity index (χ1n) is 6.45. The van der Waals surface area contributed by atoms with Gasteiger partial charge in [0.1, 0.15) is 24.9 Å². The zero-order chi connectivity index (χ0) is 15.6. The molecule has 1 aromatic carbocycles. The number of ether oxygens (including phenoxy) is 1. The predicted molar refractivity (Wildman–Crippen MR) is 73.2 cm³/mol. The number of nitrogens with zero attached hydrogens (tertiary/aromatic N) is 2. The number of nitroso groups, excluding NO2 is 1. The maximum atomic E-state index is 11.0. The maximum absolute atomic E-state index is 11.0. The molecular formula is C13H18N2O6. The highest BCUT2D eigenvalue weighted by atomic mass is 16.6. The van der Waals surface area contributed by atoms with Crippen LogP contribution in [0.1, 0.15) is 5.56 Å². The highest BCUT2D eigenvalue weighted by Crippen LogP contribution is 2.27. The molecule has 0 aliphatic carbocycles. The van der Waals surface area contributed by atoms with Crippen LogP contribution in [0.15, 0.2) is 29.6 Å². The fourth-order valence-electron chi connectivity index (χ4n) is 2.13. The summed E-state index contributed by atoms with van der Waals surface area (Å²) in [7, 11) is 0. The number of aryl methyl sites for hydroxylation is 1. The zero-order valence-corrected chi connectivity index (χ0v) is 11.5. The Kier molecular flexibility index (Phi) is 4.55. The van der Waals surface area contributed by atoms with Crippen LogP contribution in [0.5, 0.6) is 0 Å². The van der Waals surface area contributed by atoms with Gasteiger partial charge in [-0.2, -0.15) is 0 Å². The summed E-state index contributed by atoms with van der Waals surface area (Å²) in [6, 6.07) is 6.77. The van der Waals surface area contributed by atoms with Gasteiger partial charge in [-0.05, 0) is 19.1 Å². The van der Waals surface area contributed by atoms with E-state index in [1.807, 2.05) is 6.92 Å². The molecule has 4 N–H and O–H groups in total. The second kappa shape index (κ2) is 6.04. The monoisotopic (exact) mass is 298 g/mol. The molecule has 8 nitrogen and oxygen atoms in total. The van der Waals surface area contributed by atoms with E-state index >= 15 is 0 Å². The Morgan fingerprint density at radius 2 is 1.95 bits per heavy atom. The highest BCUT2D eigenvalue weighted by Gasteiger charge is 2.49. The van der Waals surface area contributed by atoms with Crippen LogP contribution in [-0.2, 0) is 4.74 Å². The summed E-state index contributed by atoms with van der Waals surface area (Å²) in [5.74, 6) is -2.21. The first kappa shape index (κ1) is 15.8. The molecule has 1 saturated heterocycles. The van der Waals surface area contributed by atoms with Gasteiger partial charge in [-0.3, -0.25) is 0 Å². The van der Waals surface area contributed by atoms with Gasteiger partial charge in [0.25, 0.3) is 0 Å². The Morgan fingerprint density at radius 1 is 1.33 bits per heavy atom. The molecule has 0 bridgehead atoms. The van der Waals surface area contributed by atoms with Gasteiger partial charge in [-0.25, -0.2) is 5.01 Å². The van der Waals surface area contributed by atoms with Crippen molar-refractivity contribution in [3.63, 3.8) is 0 Å². The van der Waals surface area contributed by atoms with Crippen LogP contribution in [0.2, 0.25) is 0 Å². The summed E-state index contributed by atoms with van der Waals surface area (Å²) in [6.07, 6.45) is -4.65. The third-order valence-electron chi connectivity index (χ3n) is 3.49. The minimum absolute atomic E-state index is 0.366. The molecule has 0 radical (unpaired) electrons. The predicted octanol–water partition coefficient (Wildman–Crippen LogP) is -0.716. The molecule has 1 fully saturated rings. The first-order chi connectivity index (χ1) is 9.87. The van der Waals surface area contributed by atoms with Crippen molar-refractivity contribution in [1.82, 2.24) is 0 Å². The summed E-state index contributed by atoms with van der Waals surface area (Å²) in [5, 5.41) is 42.8. The lowest BCUT2D eigenvalue weighted by molar-refractivity contribution is -0.315. The molecule has 2 rings (SSSR count). The number of anilines is 1. The molecule has 0 saturated carbocycles. The second-order valence-electron chi connectivity index (χ2n) is 5.13. The second-order valence-corrected chi connectivity index (χ2v) is 5.13. The average Bonchev–Trinajstić information content (AvgIpc) is 2.48. The van der Waals surface area contributed by atoms with Gasteiger partial charge >= 0.3 is 0 Å². The molecule has 1 aliphatic heterocycles.